The fraction of sp³-hybridized carbons (Fsp3) is 0.182. The molecular weight excluding hydrogens is 194 g/mol. The molecule has 72 valence electrons. The summed E-state index contributed by atoms with van der Waals surface area (Å²) in [6.07, 6.45) is 0. The number of nitrogens with two attached hydrogens (primary N) is 1. The number of rotatable bonds is 2. The van der Waals surface area contributed by atoms with Gasteiger partial charge >= 0.3 is 0 Å². The van der Waals surface area contributed by atoms with Gasteiger partial charge in [-0.15, -0.1) is 11.8 Å². The lowest BCUT2D eigenvalue weighted by atomic mass is 10.2. The van der Waals surface area contributed by atoms with Crippen LogP contribution >= 0.6 is 11.8 Å². The molecule has 3 heteroatoms. The molecule has 1 amide bonds. The van der Waals surface area contributed by atoms with Crippen LogP contribution in [0, 0.1) is 11.8 Å². The van der Waals surface area contributed by atoms with E-state index >= 15 is 0 Å². The van der Waals surface area contributed by atoms with Crippen LogP contribution in [-0.4, -0.2) is 11.7 Å². The van der Waals surface area contributed by atoms with Crippen molar-refractivity contribution in [3.8, 4) is 11.8 Å². The van der Waals surface area contributed by atoms with Gasteiger partial charge in [-0.2, -0.15) is 0 Å². The lowest BCUT2D eigenvalue weighted by Gasteiger charge is -1.97. The summed E-state index contributed by atoms with van der Waals surface area (Å²) in [5, 5.41) is 0. The molecular formula is C11H11NOS. The van der Waals surface area contributed by atoms with Gasteiger partial charge in [0.25, 0.3) is 5.91 Å². The molecule has 0 aliphatic rings. The highest BCUT2D eigenvalue weighted by Gasteiger charge is 1.92. The number of benzene rings is 1. The smallest absolute Gasteiger partial charge is 0.293 e. The van der Waals surface area contributed by atoms with Crippen molar-refractivity contribution in [3.05, 3.63) is 29.8 Å². The minimum absolute atomic E-state index is 0.599. The van der Waals surface area contributed by atoms with E-state index in [1.807, 2.05) is 24.3 Å². The van der Waals surface area contributed by atoms with Crippen LogP contribution in [0.5, 0.6) is 0 Å². The molecule has 1 aromatic rings. The maximum atomic E-state index is 10.4. The molecule has 0 aromatic heterocycles. The minimum atomic E-state index is -0.599. The van der Waals surface area contributed by atoms with E-state index in [9.17, 15) is 4.79 Å². The Balaban J connectivity index is 2.85. The quantitative estimate of drug-likeness (QED) is 0.589. The molecule has 0 bridgehead atoms. The number of hydrogen-bond donors (Lipinski definition) is 1. The summed E-state index contributed by atoms with van der Waals surface area (Å²) in [7, 11) is 0. The zero-order chi connectivity index (χ0) is 10.4. The minimum Gasteiger partial charge on any atom is -0.359 e. The highest BCUT2D eigenvalue weighted by Crippen LogP contribution is 2.17. The molecule has 0 spiro atoms. The van der Waals surface area contributed by atoms with Crippen molar-refractivity contribution in [1.82, 2.24) is 0 Å². The van der Waals surface area contributed by atoms with E-state index in [0.717, 1.165) is 16.2 Å². The van der Waals surface area contributed by atoms with E-state index in [0.29, 0.717) is 0 Å². The van der Waals surface area contributed by atoms with Crippen LogP contribution in [-0.2, 0) is 4.79 Å². The third kappa shape index (κ3) is 3.55. The lowest BCUT2D eigenvalue weighted by molar-refractivity contribution is -0.112. The third-order valence-corrected chi connectivity index (χ3v) is 2.35. The number of carbonyl (C=O) groups excluding carboxylic acids is 1. The van der Waals surface area contributed by atoms with Gasteiger partial charge in [0, 0.05) is 10.5 Å². The Labute approximate surface area is 87.9 Å². The Morgan fingerprint density at radius 3 is 3.00 bits per heavy atom. The Morgan fingerprint density at radius 1 is 1.57 bits per heavy atom. The number of amides is 1. The van der Waals surface area contributed by atoms with E-state index in [2.05, 4.69) is 18.8 Å². The summed E-state index contributed by atoms with van der Waals surface area (Å²) in [4.78, 5) is 11.6. The fourth-order valence-electron chi connectivity index (χ4n) is 0.964. The number of primary amides is 1. The molecule has 0 aliphatic carbocycles. The first-order valence-electron chi connectivity index (χ1n) is 4.26. The first kappa shape index (κ1) is 10.7. The van der Waals surface area contributed by atoms with E-state index in [-0.39, 0.29) is 0 Å². The molecule has 1 rings (SSSR count). The summed E-state index contributed by atoms with van der Waals surface area (Å²) in [6.45, 7) is 2.09. The first-order valence-corrected chi connectivity index (χ1v) is 5.25. The molecule has 0 heterocycles. The van der Waals surface area contributed by atoms with Gasteiger partial charge in [0.15, 0.2) is 0 Å². The molecule has 0 radical (unpaired) electrons. The monoisotopic (exact) mass is 205 g/mol. The molecule has 0 saturated carbocycles. The number of hydrogen-bond acceptors (Lipinski definition) is 2. The highest BCUT2D eigenvalue weighted by atomic mass is 32.2. The predicted octanol–water partition coefficient (Wildman–Crippen LogP) is 1.64. The Morgan fingerprint density at radius 2 is 2.36 bits per heavy atom. The van der Waals surface area contributed by atoms with Gasteiger partial charge in [0.2, 0.25) is 0 Å². The summed E-state index contributed by atoms with van der Waals surface area (Å²) < 4.78 is 0. The van der Waals surface area contributed by atoms with Crippen molar-refractivity contribution in [2.24, 2.45) is 5.73 Å². The number of thioether (sulfide) groups is 1. The Kier molecular flexibility index (Phi) is 4.09. The van der Waals surface area contributed by atoms with Crippen molar-refractivity contribution in [3.63, 3.8) is 0 Å². The van der Waals surface area contributed by atoms with E-state index in [4.69, 9.17) is 5.73 Å². The van der Waals surface area contributed by atoms with Crippen molar-refractivity contribution in [2.75, 3.05) is 5.75 Å². The van der Waals surface area contributed by atoms with Crippen LogP contribution in [0.2, 0.25) is 0 Å². The van der Waals surface area contributed by atoms with Crippen molar-refractivity contribution in [1.29, 1.82) is 0 Å². The molecule has 2 N–H and O–H groups in total. The van der Waals surface area contributed by atoms with E-state index in [1.54, 1.807) is 11.8 Å². The highest BCUT2D eigenvalue weighted by molar-refractivity contribution is 7.99. The van der Waals surface area contributed by atoms with Gasteiger partial charge in [0.05, 0.1) is 0 Å². The van der Waals surface area contributed by atoms with Crippen molar-refractivity contribution < 1.29 is 4.79 Å². The topological polar surface area (TPSA) is 43.1 Å². The summed E-state index contributed by atoms with van der Waals surface area (Å²) in [5.41, 5.74) is 5.74. The maximum Gasteiger partial charge on any atom is 0.293 e. The standard InChI is InChI=1S/C11H11NOS/c1-2-14-10-5-3-4-9(8-10)6-7-11(12)13/h3-5,8H,2H2,1H3,(H2,12,13). The van der Waals surface area contributed by atoms with Gasteiger partial charge in [-0.1, -0.05) is 18.9 Å². The van der Waals surface area contributed by atoms with Gasteiger partial charge in [-0.3, -0.25) is 4.79 Å². The molecule has 0 atom stereocenters. The van der Waals surface area contributed by atoms with Gasteiger partial charge < -0.3 is 5.73 Å². The van der Waals surface area contributed by atoms with Crippen molar-refractivity contribution >= 4 is 17.7 Å². The summed E-state index contributed by atoms with van der Waals surface area (Å²) in [6, 6.07) is 7.74. The van der Waals surface area contributed by atoms with E-state index < -0.39 is 5.91 Å². The molecule has 1 aromatic carbocycles. The second-order valence-electron chi connectivity index (χ2n) is 2.58. The molecule has 2 nitrogen and oxygen atoms in total. The molecule has 0 saturated heterocycles. The largest absolute Gasteiger partial charge is 0.359 e. The lowest BCUT2D eigenvalue weighted by Crippen LogP contribution is -2.06. The second-order valence-corrected chi connectivity index (χ2v) is 3.91. The van der Waals surface area contributed by atoms with E-state index in [1.165, 1.54) is 0 Å². The molecule has 14 heavy (non-hydrogen) atoms. The zero-order valence-corrected chi connectivity index (χ0v) is 8.73. The molecule has 0 fully saturated rings. The van der Waals surface area contributed by atoms with Crippen molar-refractivity contribution in [2.45, 2.75) is 11.8 Å². The SMILES string of the molecule is CCSc1cccc(C#CC(N)=O)c1. The van der Waals surface area contributed by atoms with Crippen LogP contribution in [0.25, 0.3) is 0 Å². The first-order chi connectivity index (χ1) is 6.72. The molecule has 0 unspecified atom stereocenters. The Hall–Kier alpha value is -1.40. The molecule has 0 aliphatic heterocycles. The second kappa shape index (κ2) is 5.36. The average molecular weight is 205 g/mol. The summed E-state index contributed by atoms with van der Waals surface area (Å²) in [5.74, 6) is 5.44. The van der Waals surface area contributed by atoms with Crippen LogP contribution in [0.1, 0.15) is 12.5 Å². The summed E-state index contributed by atoms with van der Waals surface area (Å²) >= 11 is 1.74. The van der Waals surface area contributed by atoms with Crippen LogP contribution in [0.15, 0.2) is 29.2 Å². The van der Waals surface area contributed by atoms with Crippen LogP contribution in [0.4, 0.5) is 0 Å². The average Bonchev–Trinajstić information content (AvgIpc) is 2.16. The van der Waals surface area contributed by atoms with Gasteiger partial charge in [-0.05, 0) is 29.9 Å². The number of carbonyl (C=O) groups is 1. The maximum absolute atomic E-state index is 10.4. The zero-order valence-electron chi connectivity index (χ0n) is 7.91. The van der Waals surface area contributed by atoms with Gasteiger partial charge in [-0.25, -0.2) is 0 Å². The van der Waals surface area contributed by atoms with Crippen LogP contribution < -0.4 is 5.73 Å². The predicted molar refractivity (Wildman–Crippen MR) is 58.9 cm³/mol. The Bertz CT molecular complexity index is 390. The van der Waals surface area contributed by atoms with Gasteiger partial charge in [0.1, 0.15) is 0 Å². The normalized spacial score (nSPS) is 8.93. The third-order valence-electron chi connectivity index (χ3n) is 1.48. The fourth-order valence-corrected chi connectivity index (χ4v) is 1.68. The van der Waals surface area contributed by atoms with Crippen LogP contribution in [0.3, 0.4) is 0 Å².